The van der Waals surface area contributed by atoms with Crippen molar-refractivity contribution in [3.8, 4) is 11.6 Å². The highest BCUT2D eigenvalue weighted by atomic mass is 79.9. The normalized spacial score (nSPS) is 12.0. The van der Waals surface area contributed by atoms with Gasteiger partial charge in [0.2, 0.25) is 5.88 Å². The molecule has 1 unspecified atom stereocenters. The smallest absolute Gasteiger partial charge is 0.237 e. The summed E-state index contributed by atoms with van der Waals surface area (Å²) in [4.78, 5) is 8.64. The van der Waals surface area contributed by atoms with Gasteiger partial charge in [0.25, 0.3) is 0 Å². The molecule has 0 aliphatic carbocycles. The van der Waals surface area contributed by atoms with Gasteiger partial charge in [-0.3, -0.25) is 4.98 Å². The highest BCUT2D eigenvalue weighted by molar-refractivity contribution is 9.10. The Morgan fingerprint density at radius 2 is 1.95 bits per heavy atom. The summed E-state index contributed by atoms with van der Waals surface area (Å²) in [7, 11) is 3.24. The molecule has 1 aromatic carbocycles. The third-order valence-corrected chi connectivity index (χ3v) is 3.70. The predicted molar refractivity (Wildman–Crippen MR) is 84.8 cm³/mol. The zero-order valence-electron chi connectivity index (χ0n) is 12.3. The second-order valence-corrected chi connectivity index (χ2v) is 5.19. The monoisotopic (exact) mass is 351 g/mol. The number of methoxy groups -OCH3 is 2. The van der Waals surface area contributed by atoms with Crippen LogP contribution in [0.4, 0.5) is 0 Å². The van der Waals surface area contributed by atoms with E-state index in [1.165, 1.54) is 0 Å². The first kappa shape index (κ1) is 15.7. The predicted octanol–water partition coefficient (Wildman–Crippen LogP) is 2.96. The van der Waals surface area contributed by atoms with Gasteiger partial charge in [-0.25, -0.2) is 4.98 Å². The second-order valence-electron chi connectivity index (χ2n) is 4.34. The van der Waals surface area contributed by atoms with Gasteiger partial charge in [0.15, 0.2) is 0 Å². The van der Waals surface area contributed by atoms with Gasteiger partial charge in [-0.05, 0) is 40.2 Å². The van der Waals surface area contributed by atoms with Crippen molar-refractivity contribution in [2.45, 2.75) is 13.0 Å². The molecule has 2 aromatic rings. The number of nitrogens with zero attached hydrogens (tertiary/aromatic N) is 2. The minimum atomic E-state index is -0.0964. The topological polar surface area (TPSA) is 56.3 Å². The molecular weight excluding hydrogens is 334 g/mol. The van der Waals surface area contributed by atoms with Crippen molar-refractivity contribution in [1.29, 1.82) is 0 Å². The van der Waals surface area contributed by atoms with Crippen molar-refractivity contribution >= 4 is 15.9 Å². The molecule has 0 aliphatic heterocycles. The van der Waals surface area contributed by atoms with Gasteiger partial charge in [-0.1, -0.05) is 13.0 Å². The quantitative estimate of drug-likeness (QED) is 0.866. The van der Waals surface area contributed by atoms with Gasteiger partial charge in [0.05, 0.1) is 24.7 Å². The van der Waals surface area contributed by atoms with Crippen molar-refractivity contribution in [3.05, 3.63) is 46.3 Å². The molecule has 1 atom stereocenters. The Bertz CT molecular complexity index is 607. The van der Waals surface area contributed by atoms with Crippen molar-refractivity contribution < 1.29 is 9.47 Å². The van der Waals surface area contributed by atoms with E-state index in [1.54, 1.807) is 26.6 Å². The SMILES string of the molecule is CCNC(c1ccc(OC)c(Br)c1)c1nccnc1OC. The molecule has 0 bridgehead atoms. The standard InChI is InChI=1S/C15H18BrN3O2/c1-4-17-13(14-15(21-3)19-8-7-18-14)10-5-6-12(20-2)11(16)9-10/h5-9,13,17H,4H2,1-3H3. The molecule has 0 radical (unpaired) electrons. The minimum absolute atomic E-state index is 0.0964. The molecule has 0 saturated heterocycles. The molecule has 0 saturated carbocycles. The van der Waals surface area contributed by atoms with E-state index in [9.17, 15) is 0 Å². The van der Waals surface area contributed by atoms with Crippen LogP contribution in [0.1, 0.15) is 24.2 Å². The van der Waals surface area contributed by atoms with Gasteiger partial charge < -0.3 is 14.8 Å². The fourth-order valence-corrected chi connectivity index (χ4v) is 2.69. The van der Waals surface area contributed by atoms with E-state index >= 15 is 0 Å². The maximum Gasteiger partial charge on any atom is 0.237 e. The second kappa shape index (κ2) is 7.38. The highest BCUT2D eigenvalue weighted by Gasteiger charge is 2.20. The first-order valence-electron chi connectivity index (χ1n) is 6.63. The maximum atomic E-state index is 5.32. The minimum Gasteiger partial charge on any atom is -0.496 e. The molecule has 0 spiro atoms. The van der Waals surface area contributed by atoms with Crippen LogP contribution in [0.2, 0.25) is 0 Å². The van der Waals surface area contributed by atoms with E-state index in [2.05, 4.69) is 38.1 Å². The lowest BCUT2D eigenvalue weighted by Crippen LogP contribution is -2.24. The third-order valence-electron chi connectivity index (χ3n) is 3.08. The van der Waals surface area contributed by atoms with Crippen molar-refractivity contribution in [3.63, 3.8) is 0 Å². The Kier molecular flexibility index (Phi) is 5.52. The largest absolute Gasteiger partial charge is 0.496 e. The Labute approximate surface area is 132 Å². The molecule has 5 nitrogen and oxygen atoms in total. The molecule has 0 amide bonds. The van der Waals surface area contributed by atoms with E-state index in [1.807, 2.05) is 18.2 Å². The number of rotatable bonds is 6. The summed E-state index contributed by atoms with van der Waals surface area (Å²) < 4.78 is 11.5. The molecule has 6 heteroatoms. The summed E-state index contributed by atoms with van der Waals surface area (Å²) in [5, 5.41) is 3.41. The van der Waals surface area contributed by atoms with Crippen LogP contribution in [0.3, 0.4) is 0 Å². The van der Waals surface area contributed by atoms with Crippen LogP contribution in [0.25, 0.3) is 0 Å². The highest BCUT2D eigenvalue weighted by Crippen LogP contribution is 2.32. The number of ether oxygens (including phenoxy) is 2. The molecule has 0 aliphatic rings. The summed E-state index contributed by atoms with van der Waals surface area (Å²) in [6.07, 6.45) is 3.29. The van der Waals surface area contributed by atoms with Crippen LogP contribution in [-0.4, -0.2) is 30.7 Å². The Morgan fingerprint density at radius 3 is 2.57 bits per heavy atom. The number of aromatic nitrogens is 2. The number of halogens is 1. The van der Waals surface area contributed by atoms with Crippen LogP contribution in [0, 0.1) is 0 Å². The third kappa shape index (κ3) is 3.51. The Morgan fingerprint density at radius 1 is 1.19 bits per heavy atom. The number of hydrogen-bond acceptors (Lipinski definition) is 5. The van der Waals surface area contributed by atoms with Gasteiger partial charge in [0, 0.05) is 12.4 Å². The Hall–Kier alpha value is -1.66. The van der Waals surface area contributed by atoms with Gasteiger partial charge in [0.1, 0.15) is 11.4 Å². The van der Waals surface area contributed by atoms with E-state index in [4.69, 9.17) is 9.47 Å². The van der Waals surface area contributed by atoms with E-state index < -0.39 is 0 Å². The first-order valence-corrected chi connectivity index (χ1v) is 7.42. The molecule has 112 valence electrons. The van der Waals surface area contributed by atoms with Crippen molar-refractivity contribution in [1.82, 2.24) is 15.3 Å². The van der Waals surface area contributed by atoms with Crippen LogP contribution < -0.4 is 14.8 Å². The fourth-order valence-electron chi connectivity index (χ4n) is 2.13. The summed E-state index contributed by atoms with van der Waals surface area (Å²) >= 11 is 3.51. The molecule has 1 aromatic heterocycles. The van der Waals surface area contributed by atoms with Crippen LogP contribution in [-0.2, 0) is 0 Å². The zero-order valence-corrected chi connectivity index (χ0v) is 13.8. The average molecular weight is 352 g/mol. The zero-order chi connectivity index (χ0) is 15.2. The van der Waals surface area contributed by atoms with Gasteiger partial charge in [-0.15, -0.1) is 0 Å². The van der Waals surface area contributed by atoms with Crippen molar-refractivity contribution in [2.75, 3.05) is 20.8 Å². The summed E-state index contributed by atoms with van der Waals surface area (Å²) in [6.45, 7) is 2.85. The summed E-state index contributed by atoms with van der Waals surface area (Å²) in [5.41, 5.74) is 1.82. The molecular formula is C15H18BrN3O2. The van der Waals surface area contributed by atoms with Gasteiger partial charge in [-0.2, -0.15) is 0 Å². The lowest BCUT2D eigenvalue weighted by atomic mass is 10.0. The fraction of sp³-hybridized carbons (Fsp3) is 0.333. The average Bonchev–Trinajstić information content (AvgIpc) is 2.52. The molecule has 1 N–H and O–H groups in total. The number of benzene rings is 1. The molecule has 1 heterocycles. The number of nitrogens with one attached hydrogen (secondary N) is 1. The maximum absolute atomic E-state index is 5.32. The molecule has 0 fully saturated rings. The van der Waals surface area contributed by atoms with Crippen LogP contribution in [0.15, 0.2) is 35.1 Å². The van der Waals surface area contributed by atoms with Crippen molar-refractivity contribution in [2.24, 2.45) is 0 Å². The molecule has 2 rings (SSSR count). The Balaban J connectivity index is 2.45. The first-order chi connectivity index (χ1) is 10.2. The lowest BCUT2D eigenvalue weighted by molar-refractivity contribution is 0.383. The summed E-state index contributed by atoms with van der Waals surface area (Å²) in [6, 6.07) is 5.85. The van der Waals surface area contributed by atoms with Crippen LogP contribution in [0.5, 0.6) is 11.6 Å². The van der Waals surface area contributed by atoms with Crippen LogP contribution >= 0.6 is 15.9 Å². The molecule has 21 heavy (non-hydrogen) atoms. The van der Waals surface area contributed by atoms with E-state index in [0.717, 1.165) is 28.0 Å². The van der Waals surface area contributed by atoms with Gasteiger partial charge >= 0.3 is 0 Å². The lowest BCUT2D eigenvalue weighted by Gasteiger charge is -2.20. The number of hydrogen-bond donors (Lipinski definition) is 1. The van der Waals surface area contributed by atoms with E-state index in [0.29, 0.717) is 5.88 Å². The van der Waals surface area contributed by atoms with E-state index in [-0.39, 0.29) is 6.04 Å². The summed E-state index contributed by atoms with van der Waals surface area (Å²) in [5.74, 6) is 1.32.